The summed E-state index contributed by atoms with van der Waals surface area (Å²) >= 11 is 0. The van der Waals surface area contributed by atoms with Gasteiger partial charge in [-0.2, -0.15) is 13.2 Å². The van der Waals surface area contributed by atoms with E-state index in [9.17, 15) is 23.3 Å². The Morgan fingerprint density at radius 2 is 1.88 bits per heavy atom. The number of benzene rings is 1. The Morgan fingerprint density at radius 1 is 1.35 bits per heavy atom. The lowest BCUT2D eigenvalue weighted by molar-refractivity contribution is -0.384. The summed E-state index contributed by atoms with van der Waals surface area (Å²) in [6.45, 7) is 0.932. The first-order valence-electron chi connectivity index (χ1n) is 4.65. The van der Waals surface area contributed by atoms with E-state index in [1.54, 1.807) is 0 Å². The Kier molecular flexibility index (Phi) is 3.82. The second-order valence-corrected chi connectivity index (χ2v) is 3.34. The van der Waals surface area contributed by atoms with Crippen molar-refractivity contribution in [2.45, 2.75) is 19.1 Å². The lowest BCUT2D eigenvalue weighted by Crippen LogP contribution is -2.23. The van der Waals surface area contributed by atoms with Crippen molar-refractivity contribution in [3.63, 3.8) is 0 Å². The van der Waals surface area contributed by atoms with Crippen molar-refractivity contribution in [3.8, 4) is 0 Å². The minimum absolute atomic E-state index is 0.119. The van der Waals surface area contributed by atoms with E-state index in [0.29, 0.717) is 5.56 Å². The van der Waals surface area contributed by atoms with Crippen LogP contribution in [0, 0.1) is 10.1 Å². The number of nitrogens with zero attached hydrogens (tertiary/aromatic N) is 2. The summed E-state index contributed by atoms with van der Waals surface area (Å²) in [5.41, 5.74) is 0.262. The summed E-state index contributed by atoms with van der Waals surface area (Å²) < 4.78 is 36.4. The average molecular weight is 246 g/mol. The van der Waals surface area contributed by atoms with E-state index < -0.39 is 17.1 Å². The molecular weight excluding hydrogens is 237 g/mol. The Morgan fingerprint density at radius 3 is 2.29 bits per heavy atom. The molecule has 1 unspecified atom stereocenters. The summed E-state index contributed by atoms with van der Waals surface area (Å²) in [7, 11) is 0. The molecule has 0 bridgehead atoms. The molecule has 0 spiro atoms. The van der Waals surface area contributed by atoms with Gasteiger partial charge < -0.3 is 0 Å². The second kappa shape index (κ2) is 4.94. The molecule has 0 heterocycles. The topological polar surface area (TPSA) is 55.5 Å². The third kappa shape index (κ3) is 3.86. The zero-order chi connectivity index (χ0) is 13.1. The average Bonchev–Trinajstić information content (AvgIpc) is 2.25. The maximum atomic E-state index is 12.1. The summed E-state index contributed by atoms with van der Waals surface area (Å²) in [4.78, 5) is 13.1. The Hall–Kier alpha value is -1.92. The quantitative estimate of drug-likeness (QED) is 0.467. The highest BCUT2D eigenvalue weighted by Gasteiger charge is 2.35. The molecule has 0 saturated carbocycles. The molecule has 0 N–H and O–H groups in total. The first kappa shape index (κ1) is 13.1. The Bertz CT molecular complexity index is 426. The highest BCUT2D eigenvalue weighted by molar-refractivity contribution is 5.80. The van der Waals surface area contributed by atoms with Gasteiger partial charge in [0.2, 0.25) is 0 Å². The fourth-order valence-electron chi connectivity index (χ4n) is 0.964. The molecule has 0 amide bonds. The van der Waals surface area contributed by atoms with Crippen LogP contribution >= 0.6 is 0 Å². The predicted molar refractivity (Wildman–Crippen MR) is 56.2 cm³/mol. The van der Waals surface area contributed by atoms with Crippen molar-refractivity contribution >= 4 is 11.9 Å². The van der Waals surface area contributed by atoms with E-state index in [0.717, 1.165) is 13.1 Å². The highest BCUT2D eigenvalue weighted by atomic mass is 19.4. The third-order valence-corrected chi connectivity index (χ3v) is 2.02. The van der Waals surface area contributed by atoms with Crippen LogP contribution in [0.4, 0.5) is 18.9 Å². The largest absolute Gasteiger partial charge is 0.410 e. The zero-order valence-electron chi connectivity index (χ0n) is 8.81. The van der Waals surface area contributed by atoms with Crippen molar-refractivity contribution in [2.24, 2.45) is 4.99 Å². The van der Waals surface area contributed by atoms with Gasteiger partial charge in [-0.05, 0) is 24.6 Å². The van der Waals surface area contributed by atoms with E-state index in [4.69, 9.17) is 0 Å². The van der Waals surface area contributed by atoms with E-state index >= 15 is 0 Å². The highest BCUT2D eigenvalue weighted by Crippen LogP contribution is 2.22. The molecule has 4 nitrogen and oxygen atoms in total. The first-order valence-corrected chi connectivity index (χ1v) is 4.65. The molecule has 1 aromatic rings. The standard InChI is InChI=1S/C10H9F3N2O2/c1-7(10(11,12)13)14-6-8-2-4-9(5-3-8)15(16)17/h2-7H,1H3/b14-6+. The lowest BCUT2D eigenvalue weighted by atomic mass is 10.2. The minimum Gasteiger partial charge on any atom is -0.280 e. The molecule has 92 valence electrons. The van der Waals surface area contributed by atoms with Gasteiger partial charge in [-0.1, -0.05) is 0 Å². The lowest BCUT2D eigenvalue weighted by Gasteiger charge is -2.09. The third-order valence-electron chi connectivity index (χ3n) is 2.02. The van der Waals surface area contributed by atoms with Crippen molar-refractivity contribution < 1.29 is 18.1 Å². The van der Waals surface area contributed by atoms with E-state index in [2.05, 4.69) is 4.99 Å². The molecule has 1 atom stereocenters. The minimum atomic E-state index is -4.38. The van der Waals surface area contributed by atoms with Gasteiger partial charge in [0.25, 0.3) is 5.69 Å². The van der Waals surface area contributed by atoms with Crippen LogP contribution in [0.3, 0.4) is 0 Å². The van der Waals surface area contributed by atoms with Gasteiger partial charge in [0, 0.05) is 18.3 Å². The Labute approximate surface area is 94.9 Å². The van der Waals surface area contributed by atoms with Crippen molar-refractivity contribution in [1.82, 2.24) is 0 Å². The zero-order valence-corrected chi connectivity index (χ0v) is 8.81. The number of rotatable bonds is 3. The summed E-state index contributed by atoms with van der Waals surface area (Å²) in [6.07, 6.45) is -3.33. The molecule has 0 aliphatic rings. The van der Waals surface area contributed by atoms with Crippen molar-refractivity contribution in [1.29, 1.82) is 0 Å². The smallest absolute Gasteiger partial charge is 0.280 e. The van der Waals surface area contributed by atoms with Crippen LogP contribution in [0.15, 0.2) is 29.3 Å². The van der Waals surface area contributed by atoms with Gasteiger partial charge in [-0.3, -0.25) is 15.1 Å². The monoisotopic (exact) mass is 246 g/mol. The van der Waals surface area contributed by atoms with Gasteiger partial charge in [-0.25, -0.2) is 0 Å². The number of non-ortho nitro benzene ring substituents is 1. The number of alkyl halides is 3. The van der Waals surface area contributed by atoms with Crippen LogP contribution < -0.4 is 0 Å². The van der Waals surface area contributed by atoms with Crippen molar-refractivity contribution in [3.05, 3.63) is 39.9 Å². The maximum Gasteiger partial charge on any atom is 0.410 e. The molecule has 0 aliphatic carbocycles. The number of hydrogen-bond acceptors (Lipinski definition) is 3. The number of halogens is 3. The van der Waals surface area contributed by atoms with Crippen LogP contribution in [-0.2, 0) is 0 Å². The van der Waals surface area contributed by atoms with Gasteiger partial charge in [0.05, 0.1) is 4.92 Å². The van der Waals surface area contributed by atoms with E-state index in [-0.39, 0.29) is 5.69 Å². The molecule has 0 fully saturated rings. The van der Waals surface area contributed by atoms with Gasteiger partial charge in [-0.15, -0.1) is 0 Å². The molecule has 0 aromatic heterocycles. The number of nitro benzene ring substituents is 1. The SMILES string of the molecule is CC(/N=C/c1ccc([N+](=O)[O-])cc1)C(F)(F)F. The fourth-order valence-corrected chi connectivity index (χ4v) is 0.964. The number of aliphatic imine (C=N–C) groups is 1. The molecule has 1 rings (SSSR count). The van der Waals surface area contributed by atoms with E-state index in [1.807, 2.05) is 0 Å². The fraction of sp³-hybridized carbons (Fsp3) is 0.300. The van der Waals surface area contributed by atoms with Crippen LogP contribution in [0.5, 0.6) is 0 Å². The van der Waals surface area contributed by atoms with Gasteiger partial charge in [0.1, 0.15) is 6.04 Å². The van der Waals surface area contributed by atoms with Crippen LogP contribution in [-0.4, -0.2) is 23.4 Å². The molecule has 7 heteroatoms. The van der Waals surface area contributed by atoms with Gasteiger partial charge >= 0.3 is 6.18 Å². The molecule has 0 radical (unpaired) electrons. The molecule has 17 heavy (non-hydrogen) atoms. The van der Waals surface area contributed by atoms with Crippen LogP contribution in [0.2, 0.25) is 0 Å². The van der Waals surface area contributed by atoms with Crippen LogP contribution in [0.25, 0.3) is 0 Å². The van der Waals surface area contributed by atoms with Crippen LogP contribution in [0.1, 0.15) is 12.5 Å². The normalized spacial score (nSPS) is 13.9. The molecule has 0 saturated heterocycles. The van der Waals surface area contributed by atoms with E-state index in [1.165, 1.54) is 24.3 Å². The summed E-state index contributed by atoms with van der Waals surface area (Å²) in [5.74, 6) is 0. The number of hydrogen-bond donors (Lipinski definition) is 0. The first-order chi connectivity index (χ1) is 7.80. The molecular formula is C10H9F3N2O2. The molecule has 0 aliphatic heterocycles. The maximum absolute atomic E-state index is 12.1. The second-order valence-electron chi connectivity index (χ2n) is 3.34. The number of nitro groups is 1. The van der Waals surface area contributed by atoms with Crippen molar-refractivity contribution in [2.75, 3.05) is 0 Å². The van der Waals surface area contributed by atoms with Gasteiger partial charge in [0.15, 0.2) is 0 Å². The summed E-state index contributed by atoms with van der Waals surface area (Å²) in [6, 6.07) is 3.30. The molecule has 1 aromatic carbocycles. The predicted octanol–water partition coefficient (Wildman–Crippen LogP) is 2.96. The summed E-state index contributed by atoms with van der Waals surface area (Å²) in [5, 5.41) is 10.3. The Balaban J connectivity index is 2.76.